The second-order valence-electron chi connectivity index (χ2n) is 5.99. The fourth-order valence-electron chi connectivity index (χ4n) is 2.73. The number of ether oxygens (including phenoxy) is 1. The molecule has 0 fully saturated rings. The number of hydrogen-bond acceptors (Lipinski definition) is 6. The Kier molecular flexibility index (Phi) is 5.22. The van der Waals surface area contributed by atoms with Gasteiger partial charge in [-0.2, -0.15) is 4.52 Å². The SMILES string of the molecule is O=c1ccnc2sc(NC(COCc3ccccc3)c3ccccc3)nn12. The number of nitrogens with zero attached hydrogens (tertiary/aromatic N) is 3. The maximum absolute atomic E-state index is 11.9. The van der Waals surface area contributed by atoms with Gasteiger partial charge in [0, 0.05) is 12.3 Å². The Balaban J connectivity index is 1.52. The summed E-state index contributed by atoms with van der Waals surface area (Å²) in [5, 5.41) is 8.35. The van der Waals surface area contributed by atoms with Gasteiger partial charge in [-0.15, -0.1) is 5.10 Å². The van der Waals surface area contributed by atoms with Crippen LogP contribution in [0, 0.1) is 0 Å². The van der Waals surface area contributed by atoms with Crippen molar-refractivity contribution in [3.63, 3.8) is 0 Å². The van der Waals surface area contributed by atoms with Gasteiger partial charge < -0.3 is 10.1 Å². The Morgan fingerprint density at radius 1 is 1.04 bits per heavy atom. The molecule has 2 heterocycles. The lowest BCUT2D eigenvalue weighted by Gasteiger charge is -2.18. The molecule has 2 aromatic carbocycles. The van der Waals surface area contributed by atoms with E-state index in [1.54, 1.807) is 0 Å². The monoisotopic (exact) mass is 378 g/mol. The molecule has 0 radical (unpaired) electrons. The normalized spacial score (nSPS) is 12.1. The van der Waals surface area contributed by atoms with E-state index in [-0.39, 0.29) is 11.6 Å². The van der Waals surface area contributed by atoms with Gasteiger partial charge in [-0.05, 0) is 11.1 Å². The molecule has 6 nitrogen and oxygen atoms in total. The molecule has 7 heteroatoms. The van der Waals surface area contributed by atoms with Crippen molar-refractivity contribution in [1.29, 1.82) is 0 Å². The third-order valence-electron chi connectivity index (χ3n) is 4.07. The lowest BCUT2D eigenvalue weighted by atomic mass is 10.1. The highest BCUT2D eigenvalue weighted by Crippen LogP contribution is 2.23. The van der Waals surface area contributed by atoms with Gasteiger partial charge >= 0.3 is 0 Å². The van der Waals surface area contributed by atoms with E-state index in [2.05, 4.69) is 15.4 Å². The maximum atomic E-state index is 11.9. The smallest absolute Gasteiger partial charge is 0.275 e. The third-order valence-corrected chi connectivity index (χ3v) is 4.92. The summed E-state index contributed by atoms with van der Waals surface area (Å²) in [6, 6.07) is 21.4. The van der Waals surface area contributed by atoms with Crippen LogP contribution in [0.3, 0.4) is 0 Å². The molecule has 1 unspecified atom stereocenters. The highest BCUT2D eigenvalue weighted by atomic mass is 32.1. The van der Waals surface area contributed by atoms with Crippen LogP contribution >= 0.6 is 11.3 Å². The maximum Gasteiger partial charge on any atom is 0.275 e. The fraction of sp³-hybridized carbons (Fsp3) is 0.150. The van der Waals surface area contributed by atoms with Crippen LogP contribution in [0.25, 0.3) is 4.96 Å². The van der Waals surface area contributed by atoms with Gasteiger partial charge in [0.2, 0.25) is 10.1 Å². The number of fused-ring (bicyclic) bond motifs is 1. The van der Waals surface area contributed by atoms with Gasteiger partial charge in [0.1, 0.15) is 0 Å². The van der Waals surface area contributed by atoms with Crippen LogP contribution in [-0.2, 0) is 11.3 Å². The van der Waals surface area contributed by atoms with Gasteiger partial charge in [0.25, 0.3) is 5.56 Å². The van der Waals surface area contributed by atoms with Crippen LogP contribution in [0.5, 0.6) is 0 Å². The Morgan fingerprint density at radius 2 is 1.78 bits per heavy atom. The van der Waals surface area contributed by atoms with E-state index in [1.807, 2.05) is 60.7 Å². The number of nitrogens with one attached hydrogen (secondary N) is 1. The van der Waals surface area contributed by atoms with Gasteiger partial charge in [0.15, 0.2) is 0 Å². The zero-order valence-corrected chi connectivity index (χ0v) is 15.3. The number of rotatable bonds is 7. The van der Waals surface area contributed by atoms with Gasteiger partial charge in [0.05, 0.1) is 19.3 Å². The fourth-order valence-corrected chi connectivity index (χ4v) is 3.55. The number of hydrogen-bond donors (Lipinski definition) is 1. The van der Waals surface area contributed by atoms with Crippen molar-refractivity contribution in [3.8, 4) is 0 Å². The molecule has 1 atom stereocenters. The van der Waals surface area contributed by atoms with Crippen LogP contribution < -0.4 is 10.9 Å². The molecule has 2 aromatic heterocycles. The van der Waals surface area contributed by atoms with Crippen molar-refractivity contribution in [3.05, 3.63) is 94.4 Å². The first-order chi connectivity index (χ1) is 13.3. The summed E-state index contributed by atoms with van der Waals surface area (Å²) in [5.74, 6) is 0. The zero-order valence-electron chi connectivity index (χ0n) is 14.5. The summed E-state index contributed by atoms with van der Waals surface area (Å²) in [4.78, 5) is 16.6. The van der Waals surface area contributed by atoms with Crippen molar-refractivity contribution >= 4 is 21.4 Å². The van der Waals surface area contributed by atoms with Crippen LogP contribution in [0.4, 0.5) is 5.13 Å². The number of benzene rings is 2. The highest BCUT2D eigenvalue weighted by Gasteiger charge is 2.15. The summed E-state index contributed by atoms with van der Waals surface area (Å²) in [6.07, 6.45) is 1.50. The Bertz CT molecular complexity index is 1060. The van der Waals surface area contributed by atoms with Crippen molar-refractivity contribution in [2.45, 2.75) is 12.6 Å². The second-order valence-corrected chi connectivity index (χ2v) is 6.95. The van der Waals surface area contributed by atoms with E-state index in [4.69, 9.17) is 4.74 Å². The van der Waals surface area contributed by atoms with Crippen LogP contribution in [0.1, 0.15) is 17.2 Å². The van der Waals surface area contributed by atoms with Crippen LogP contribution in [-0.4, -0.2) is 21.2 Å². The average molecular weight is 378 g/mol. The molecule has 4 rings (SSSR count). The van der Waals surface area contributed by atoms with Crippen molar-refractivity contribution < 1.29 is 4.74 Å². The summed E-state index contributed by atoms with van der Waals surface area (Å²) in [5.41, 5.74) is 2.02. The quantitative estimate of drug-likeness (QED) is 0.533. The first-order valence-electron chi connectivity index (χ1n) is 8.57. The Labute approximate surface area is 160 Å². The minimum absolute atomic E-state index is 0.0915. The van der Waals surface area contributed by atoms with E-state index in [0.717, 1.165) is 11.1 Å². The largest absolute Gasteiger partial charge is 0.374 e. The molecule has 136 valence electrons. The first kappa shape index (κ1) is 17.4. The topological polar surface area (TPSA) is 68.5 Å². The molecule has 0 amide bonds. The van der Waals surface area contributed by atoms with Crippen molar-refractivity contribution in [2.75, 3.05) is 11.9 Å². The molecular weight excluding hydrogens is 360 g/mol. The van der Waals surface area contributed by atoms with Crippen molar-refractivity contribution in [1.82, 2.24) is 14.6 Å². The van der Waals surface area contributed by atoms with Gasteiger partial charge in [-0.1, -0.05) is 72.0 Å². The molecular formula is C20H18N4O2S. The minimum atomic E-state index is -0.194. The van der Waals surface area contributed by atoms with Gasteiger partial charge in [-0.3, -0.25) is 4.79 Å². The van der Waals surface area contributed by atoms with Crippen LogP contribution in [0.2, 0.25) is 0 Å². The summed E-state index contributed by atoms with van der Waals surface area (Å²) < 4.78 is 7.24. The van der Waals surface area contributed by atoms with E-state index in [0.29, 0.717) is 23.3 Å². The number of aromatic nitrogens is 3. The van der Waals surface area contributed by atoms with E-state index in [1.165, 1.54) is 28.1 Å². The third kappa shape index (κ3) is 4.21. The molecule has 0 saturated heterocycles. The lowest BCUT2D eigenvalue weighted by Crippen LogP contribution is -2.18. The second kappa shape index (κ2) is 8.11. The van der Waals surface area contributed by atoms with E-state index >= 15 is 0 Å². The Morgan fingerprint density at radius 3 is 2.52 bits per heavy atom. The van der Waals surface area contributed by atoms with Gasteiger partial charge in [-0.25, -0.2) is 4.98 Å². The molecule has 0 saturated carbocycles. The van der Waals surface area contributed by atoms with E-state index < -0.39 is 0 Å². The predicted molar refractivity (Wildman–Crippen MR) is 106 cm³/mol. The summed E-state index contributed by atoms with van der Waals surface area (Å²) >= 11 is 1.34. The molecule has 0 aliphatic rings. The molecule has 27 heavy (non-hydrogen) atoms. The van der Waals surface area contributed by atoms with E-state index in [9.17, 15) is 4.79 Å². The Hall–Kier alpha value is -3.03. The van der Waals surface area contributed by atoms with Crippen molar-refractivity contribution in [2.24, 2.45) is 0 Å². The summed E-state index contributed by atoms with van der Waals surface area (Å²) in [7, 11) is 0. The first-order valence-corrected chi connectivity index (χ1v) is 9.39. The molecule has 0 spiro atoms. The number of anilines is 1. The van der Waals surface area contributed by atoms with Crippen LogP contribution in [0.15, 0.2) is 77.7 Å². The average Bonchev–Trinajstić information content (AvgIpc) is 3.13. The highest BCUT2D eigenvalue weighted by molar-refractivity contribution is 7.20. The predicted octanol–water partition coefficient (Wildman–Crippen LogP) is 3.52. The lowest BCUT2D eigenvalue weighted by molar-refractivity contribution is 0.112. The summed E-state index contributed by atoms with van der Waals surface area (Å²) in [6.45, 7) is 1.00. The standard InChI is InChI=1S/C20H18N4O2S/c25-18-11-12-21-20-24(18)23-19(27-20)22-17(16-9-5-2-6-10-16)14-26-13-15-7-3-1-4-8-15/h1-12,17H,13-14H2,(H,22,23). The molecule has 0 aliphatic carbocycles. The minimum Gasteiger partial charge on any atom is -0.374 e. The molecule has 4 aromatic rings. The zero-order chi connectivity index (χ0) is 18.5. The molecule has 1 N–H and O–H groups in total. The molecule has 0 aliphatic heterocycles. The molecule has 0 bridgehead atoms.